The van der Waals surface area contributed by atoms with Gasteiger partial charge in [0.15, 0.2) is 0 Å². The first-order valence-corrected chi connectivity index (χ1v) is 11.1. The van der Waals surface area contributed by atoms with E-state index in [1.807, 2.05) is 31.2 Å². The lowest BCUT2D eigenvalue weighted by molar-refractivity contribution is 0.0797. The summed E-state index contributed by atoms with van der Waals surface area (Å²) in [5.41, 5.74) is 1.17. The molecule has 0 aromatic heterocycles. The lowest BCUT2D eigenvalue weighted by Crippen LogP contribution is -2.47. The molecule has 2 unspecified atom stereocenters. The summed E-state index contributed by atoms with van der Waals surface area (Å²) in [7, 11) is -2.81. The van der Waals surface area contributed by atoms with Gasteiger partial charge in [-0.15, -0.1) is 0 Å². The van der Waals surface area contributed by atoms with Gasteiger partial charge < -0.3 is 10.1 Å². The summed E-state index contributed by atoms with van der Waals surface area (Å²) in [6.07, 6.45) is 3.34. The summed E-state index contributed by atoms with van der Waals surface area (Å²) in [6, 6.07) is 10.8. The summed E-state index contributed by atoms with van der Waals surface area (Å²) in [5, 5.41) is 2.93. The molecule has 29 heavy (non-hydrogen) atoms. The topological polar surface area (TPSA) is 84.5 Å². The number of nitrogens with one attached hydrogen (secondary N) is 2. The highest BCUT2D eigenvalue weighted by Gasteiger charge is 2.29. The van der Waals surface area contributed by atoms with Crippen molar-refractivity contribution in [3.05, 3.63) is 59.4 Å². The number of carbonyl (C=O) groups is 1. The minimum absolute atomic E-state index is 0.0834. The van der Waals surface area contributed by atoms with Gasteiger partial charge in [0.25, 0.3) is 5.91 Å². The number of aryl methyl sites for hydroxylation is 1. The van der Waals surface area contributed by atoms with Crippen LogP contribution in [0.3, 0.4) is 0 Å². The lowest BCUT2D eigenvalue weighted by atomic mass is 9.92. The Kier molecular flexibility index (Phi) is 6.54. The highest BCUT2D eigenvalue weighted by Crippen LogP contribution is 2.25. The zero-order valence-corrected chi connectivity index (χ0v) is 17.3. The Balaban J connectivity index is 1.77. The lowest BCUT2D eigenvalue weighted by Gasteiger charge is -2.32. The van der Waals surface area contributed by atoms with Crippen molar-refractivity contribution >= 4 is 15.9 Å². The molecule has 1 amide bonds. The van der Waals surface area contributed by atoms with Gasteiger partial charge in [-0.2, -0.15) is 0 Å². The number of carbonyl (C=O) groups excluding carboxylic acids is 1. The Bertz CT molecular complexity index is 994. The van der Waals surface area contributed by atoms with Crippen LogP contribution in [0, 0.1) is 12.7 Å². The Morgan fingerprint density at radius 2 is 1.90 bits per heavy atom. The molecule has 0 heterocycles. The van der Waals surface area contributed by atoms with Gasteiger partial charge in [-0.1, -0.05) is 18.6 Å². The molecule has 0 spiro atoms. The maximum atomic E-state index is 13.9. The molecular formula is C21H25FN2O4S. The number of hydrogen-bond donors (Lipinski definition) is 2. The maximum Gasteiger partial charge on any atom is 0.251 e. The fourth-order valence-corrected chi connectivity index (χ4v) is 4.31. The summed E-state index contributed by atoms with van der Waals surface area (Å²) >= 11 is 0. The molecule has 0 bridgehead atoms. The van der Waals surface area contributed by atoms with Crippen LogP contribution in [0.5, 0.6) is 5.75 Å². The number of sulfonamides is 1. The van der Waals surface area contributed by atoms with E-state index in [4.69, 9.17) is 4.74 Å². The molecule has 1 aliphatic rings. The third-order valence-electron chi connectivity index (χ3n) is 5.05. The van der Waals surface area contributed by atoms with E-state index in [-0.39, 0.29) is 17.7 Å². The second-order valence-electron chi connectivity index (χ2n) is 7.19. The predicted octanol–water partition coefficient (Wildman–Crippen LogP) is 3.16. The third kappa shape index (κ3) is 5.13. The SMILES string of the molecule is CNS(=O)(=O)c1cc(C(=O)NC2CCCCC2Oc2cccc(C)c2)ccc1F. The average Bonchev–Trinajstić information content (AvgIpc) is 2.69. The quantitative estimate of drug-likeness (QED) is 0.752. The number of rotatable bonds is 6. The second-order valence-corrected chi connectivity index (χ2v) is 9.04. The minimum Gasteiger partial charge on any atom is -0.488 e. The highest BCUT2D eigenvalue weighted by molar-refractivity contribution is 7.89. The summed E-state index contributed by atoms with van der Waals surface area (Å²) in [4.78, 5) is 12.2. The molecule has 156 valence electrons. The monoisotopic (exact) mass is 420 g/mol. The zero-order chi connectivity index (χ0) is 21.0. The van der Waals surface area contributed by atoms with E-state index in [9.17, 15) is 17.6 Å². The van der Waals surface area contributed by atoms with Crippen LogP contribution >= 0.6 is 0 Å². The molecule has 1 fully saturated rings. The standard InChI is InChI=1S/C21H25FN2O4S/c1-14-6-5-7-16(12-14)28-19-9-4-3-8-18(19)24-21(25)15-10-11-17(22)20(13-15)29(26,27)23-2/h5-7,10-13,18-19,23H,3-4,8-9H2,1-2H3,(H,24,25). The molecule has 2 atom stereocenters. The molecule has 1 saturated carbocycles. The molecule has 0 aliphatic heterocycles. The fourth-order valence-electron chi connectivity index (χ4n) is 3.48. The van der Waals surface area contributed by atoms with E-state index >= 15 is 0 Å². The van der Waals surface area contributed by atoms with Crippen molar-refractivity contribution in [2.24, 2.45) is 0 Å². The van der Waals surface area contributed by atoms with Crippen molar-refractivity contribution in [3.8, 4) is 5.75 Å². The van der Waals surface area contributed by atoms with Crippen LogP contribution in [-0.2, 0) is 10.0 Å². The molecule has 0 radical (unpaired) electrons. The van der Waals surface area contributed by atoms with Gasteiger partial charge in [0, 0.05) is 5.56 Å². The van der Waals surface area contributed by atoms with Crippen molar-refractivity contribution in [2.45, 2.75) is 49.6 Å². The molecule has 6 nitrogen and oxygen atoms in total. The van der Waals surface area contributed by atoms with Crippen LogP contribution in [0.25, 0.3) is 0 Å². The fraction of sp³-hybridized carbons (Fsp3) is 0.381. The summed E-state index contributed by atoms with van der Waals surface area (Å²) in [6.45, 7) is 1.98. The molecular weight excluding hydrogens is 395 g/mol. The van der Waals surface area contributed by atoms with Crippen molar-refractivity contribution in [2.75, 3.05) is 7.05 Å². The van der Waals surface area contributed by atoms with Crippen molar-refractivity contribution in [1.29, 1.82) is 0 Å². The highest BCUT2D eigenvalue weighted by atomic mass is 32.2. The number of benzene rings is 2. The van der Waals surface area contributed by atoms with Crippen LogP contribution < -0.4 is 14.8 Å². The van der Waals surface area contributed by atoms with Gasteiger partial charge in [-0.25, -0.2) is 17.5 Å². The van der Waals surface area contributed by atoms with E-state index in [1.54, 1.807) is 0 Å². The second kappa shape index (κ2) is 8.92. The summed E-state index contributed by atoms with van der Waals surface area (Å²) in [5.74, 6) is -0.614. The van der Waals surface area contributed by atoms with Crippen LogP contribution in [-0.4, -0.2) is 33.5 Å². The Labute approximate surface area is 170 Å². The van der Waals surface area contributed by atoms with Crippen LogP contribution in [0.4, 0.5) is 4.39 Å². The first-order chi connectivity index (χ1) is 13.8. The Morgan fingerprint density at radius 3 is 2.62 bits per heavy atom. The van der Waals surface area contributed by atoms with Gasteiger partial charge >= 0.3 is 0 Å². The molecule has 2 aromatic rings. The van der Waals surface area contributed by atoms with E-state index in [0.717, 1.165) is 49.1 Å². The average molecular weight is 421 g/mol. The third-order valence-corrected chi connectivity index (χ3v) is 6.48. The molecule has 2 N–H and O–H groups in total. The van der Waals surface area contributed by atoms with Crippen molar-refractivity contribution in [1.82, 2.24) is 10.0 Å². The number of hydrogen-bond acceptors (Lipinski definition) is 4. The van der Waals surface area contributed by atoms with Gasteiger partial charge in [0.05, 0.1) is 6.04 Å². The normalized spacial score (nSPS) is 19.6. The molecule has 8 heteroatoms. The van der Waals surface area contributed by atoms with E-state index < -0.39 is 26.6 Å². The molecule has 2 aromatic carbocycles. The number of amides is 1. The molecule has 0 saturated heterocycles. The van der Waals surface area contributed by atoms with Crippen molar-refractivity contribution in [3.63, 3.8) is 0 Å². The van der Waals surface area contributed by atoms with Crippen LogP contribution in [0.1, 0.15) is 41.6 Å². The number of halogens is 1. The van der Waals surface area contributed by atoms with Crippen LogP contribution in [0.15, 0.2) is 47.4 Å². The maximum absolute atomic E-state index is 13.9. The zero-order valence-electron chi connectivity index (χ0n) is 16.4. The van der Waals surface area contributed by atoms with Gasteiger partial charge in [-0.3, -0.25) is 4.79 Å². The predicted molar refractivity (Wildman–Crippen MR) is 108 cm³/mol. The van der Waals surface area contributed by atoms with Crippen LogP contribution in [0.2, 0.25) is 0 Å². The smallest absolute Gasteiger partial charge is 0.251 e. The van der Waals surface area contributed by atoms with E-state index in [0.29, 0.717) is 0 Å². The van der Waals surface area contributed by atoms with E-state index in [2.05, 4.69) is 10.0 Å². The van der Waals surface area contributed by atoms with Gasteiger partial charge in [-0.05, 0) is 69.1 Å². The first kappa shape index (κ1) is 21.3. The summed E-state index contributed by atoms with van der Waals surface area (Å²) < 4.78 is 46.1. The van der Waals surface area contributed by atoms with E-state index in [1.165, 1.54) is 13.1 Å². The molecule has 1 aliphatic carbocycles. The minimum atomic E-state index is -4.00. The Morgan fingerprint density at radius 1 is 1.14 bits per heavy atom. The molecule has 3 rings (SSSR count). The van der Waals surface area contributed by atoms with Crippen molar-refractivity contribution < 1.29 is 22.3 Å². The first-order valence-electron chi connectivity index (χ1n) is 9.57. The largest absolute Gasteiger partial charge is 0.488 e. The number of ether oxygens (including phenoxy) is 1. The Hall–Kier alpha value is -2.45. The van der Waals surface area contributed by atoms with Gasteiger partial charge in [0.1, 0.15) is 22.6 Å². The van der Waals surface area contributed by atoms with Gasteiger partial charge in [0.2, 0.25) is 10.0 Å².